The number of hydrogen-bond acceptors (Lipinski definition) is 6. The van der Waals surface area contributed by atoms with E-state index in [9.17, 15) is 4.79 Å². The third-order valence-electron chi connectivity index (χ3n) is 4.26. The lowest BCUT2D eigenvalue weighted by Gasteiger charge is -2.28. The molecule has 1 aromatic heterocycles. The Morgan fingerprint density at radius 1 is 1.27 bits per heavy atom. The number of para-hydroxylation sites is 1. The lowest BCUT2D eigenvalue weighted by Crippen LogP contribution is -2.37. The summed E-state index contributed by atoms with van der Waals surface area (Å²) in [6.07, 6.45) is 0.691. The molecule has 0 unspecified atom stereocenters. The van der Waals surface area contributed by atoms with E-state index in [1.807, 2.05) is 24.3 Å². The predicted octanol–water partition coefficient (Wildman–Crippen LogP) is 1.60. The summed E-state index contributed by atoms with van der Waals surface area (Å²) in [6.45, 7) is 5.19. The van der Waals surface area contributed by atoms with E-state index >= 15 is 0 Å². The number of nitrogens with one attached hydrogen (secondary N) is 1. The highest BCUT2D eigenvalue weighted by atomic mass is 16.5. The highest BCUT2D eigenvalue weighted by Gasteiger charge is 2.16. The average molecular weight is 356 g/mol. The van der Waals surface area contributed by atoms with Crippen molar-refractivity contribution >= 4 is 11.7 Å². The van der Waals surface area contributed by atoms with Gasteiger partial charge in [-0.25, -0.2) is 9.97 Å². The smallest absolute Gasteiger partial charge is 0.270 e. The van der Waals surface area contributed by atoms with Crippen molar-refractivity contribution in [2.24, 2.45) is 0 Å². The number of hydrogen-bond donors (Lipinski definition) is 1. The van der Waals surface area contributed by atoms with Gasteiger partial charge in [0, 0.05) is 25.7 Å². The van der Waals surface area contributed by atoms with Crippen molar-refractivity contribution in [3.63, 3.8) is 0 Å². The molecule has 0 atom stereocenters. The van der Waals surface area contributed by atoms with Crippen LogP contribution < -0.4 is 15.0 Å². The molecule has 0 spiro atoms. The first-order valence-electron chi connectivity index (χ1n) is 8.76. The number of nitrogens with zero attached hydrogens (tertiary/aromatic N) is 3. The van der Waals surface area contributed by atoms with Gasteiger partial charge in [-0.15, -0.1) is 0 Å². The van der Waals surface area contributed by atoms with Gasteiger partial charge < -0.3 is 19.7 Å². The maximum atomic E-state index is 12.5. The number of methoxy groups -OCH3 is 1. The second kappa shape index (κ2) is 8.62. The fourth-order valence-corrected chi connectivity index (χ4v) is 2.93. The maximum absolute atomic E-state index is 12.5. The Labute approximate surface area is 153 Å². The molecule has 2 aromatic rings. The fourth-order valence-electron chi connectivity index (χ4n) is 2.93. The van der Waals surface area contributed by atoms with Crippen molar-refractivity contribution in [2.75, 3.05) is 44.9 Å². The Morgan fingerprint density at radius 2 is 2.04 bits per heavy atom. The fraction of sp³-hybridized carbons (Fsp3) is 0.421. The van der Waals surface area contributed by atoms with E-state index in [0.717, 1.165) is 30.2 Å². The van der Waals surface area contributed by atoms with Crippen LogP contribution in [0, 0.1) is 6.92 Å². The Balaban J connectivity index is 1.63. The summed E-state index contributed by atoms with van der Waals surface area (Å²) in [4.78, 5) is 23.4. The number of benzene rings is 1. The minimum Gasteiger partial charge on any atom is -0.496 e. The van der Waals surface area contributed by atoms with Crippen LogP contribution in [0.1, 0.15) is 21.9 Å². The highest BCUT2D eigenvalue weighted by Crippen LogP contribution is 2.17. The first kappa shape index (κ1) is 18.1. The normalized spacial score (nSPS) is 14.2. The van der Waals surface area contributed by atoms with E-state index in [-0.39, 0.29) is 5.91 Å². The van der Waals surface area contributed by atoms with Gasteiger partial charge in [0.1, 0.15) is 23.1 Å². The topological polar surface area (TPSA) is 76.6 Å². The second-order valence-electron chi connectivity index (χ2n) is 6.08. The van der Waals surface area contributed by atoms with E-state index in [1.54, 1.807) is 20.1 Å². The van der Waals surface area contributed by atoms with Gasteiger partial charge in [0.25, 0.3) is 5.91 Å². The van der Waals surface area contributed by atoms with E-state index < -0.39 is 0 Å². The van der Waals surface area contributed by atoms with Crippen LogP contribution in [0.4, 0.5) is 5.82 Å². The van der Waals surface area contributed by atoms with Gasteiger partial charge in [-0.3, -0.25) is 4.79 Å². The van der Waals surface area contributed by atoms with Gasteiger partial charge in [-0.1, -0.05) is 18.2 Å². The quantitative estimate of drug-likeness (QED) is 0.847. The number of morpholine rings is 1. The van der Waals surface area contributed by atoms with Crippen LogP contribution in [0.3, 0.4) is 0 Å². The number of aryl methyl sites for hydroxylation is 1. The third-order valence-corrected chi connectivity index (χ3v) is 4.26. The monoisotopic (exact) mass is 356 g/mol. The molecule has 3 rings (SSSR count). The molecule has 0 bridgehead atoms. The van der Waals surface area contributed by atoms with Crippen molar-refractivity contribution in [1.82, 2.24) is 15.3 Å². The van der Waals surface area contributed by atoms with E-state index in [2.05, 4.69) is 20.2 Å². The van der Waals surface area contributed by atoms with E-state index in [4.69, 9.17) is 9.47 Å². The molecule has 138 valence electrons. The maximum Gasteiger partial charge on any atom is 0.270 e. The van der Waals surface area contributed by atoms with Crippen LogP contribution in [0.15, 0.2) is 30.3 Å². The Morgan fingerprint density at radius 3 is 2.81 bits per heavy atom. The molecule has 1 amide bonds. The van der Waals surface area contributed by atoms with Crippen LogP contribution in [0.2, 0.25) is 0 Å². The van der Waals surface area contributed by atoms with Crippen molar-refractivity contribution < 1.29 is 14.3 Å². The van der Waals surface area contributed by atoms with Crippen molar-refractivity contribution in [3.8, 4) is 5.75 Å². The van der Waals surface area contributed by atoms with Crippen molar-refractivity contribution in [1.29, 1.82) is 0 Å². The lowest BCUT2D eigenvalue weighted by molar-refractivity contribution is 0.0948. The number of carbonyl (C=O) groups is 1. The van der Waals surface area contributed by atoms with E-state index in [1.165, 1.54) is 0 Å². The zero-order chi connectivity index (χ0) is 18.4. The van der Waals surface area contributed by atoms with Gasteiger partial charge >= 0.3 is 0 Å². The predicted molar refractivity (Wildman–Crippen MR) is 98.8 cm³/mol. The van der Waals surface area contributed by atoms with Crippen LogP contribution >= 0.6 is 0 Å². The van der Waals surface area contributed by atoms with E-state index in [0.29, 0.717) is 37.7 Å². The third kappa shape index (κ3) is 4.49. The Hall–Kier alpha value is -2.67. The summed E-state index contributed by atoms with van der Waals surface area (Å²) in [5.41, 5.74) is 1.45. The summed E-state index contributed by atoms with van der Waals surface area (Å²) in [6, 6.07) is 9.55. The first-order valence-corrected chi connectivity index (χ1v) is 8.76. The molecule has 2 heterocycles. The number of carbonyl (C=O) groups excluding carboxylic acids is 1. The highest BCUT2D eigenvalue weighted by molar-refractivity contribution is 5.93. The minimum absolute atomic E-state index is 0.195. The molecule has 7 nitrogen and oxygen atoms in total. The zero-order valence-corrected chi connectivity index (χ0v) is 15.2. The molecule has 1 aliphatic rings. The molecular formula is C19H24N4O3. The summed E-state index contributed by atoms with van der Waals surface area (Å²) >= 11 is 0. The number of anilines is 1. The van der Waals surface area contributed by atoms with Gasteiger partial charge in [-0.05, 0) is 25.0 Å². The molecule has 7 heteroatoms. The molecule has 1 fully saturated rings. The SMILES string of the molecule is COc1ccccc1CCNC(=O)c1cc(N2CCOCC2)nc(C)n1. The summed E-state index contributed by atoms with van der Waals surface area (Å²) in [7, 11) is 1.65. The van der Waals surface area contributed by atoms with Gasteiger partial charge in [0.15, 0.2) is 0 Å². The summed E-state index contributed by atoms with van der Waals surface area (Å²) in [5.74, 6) is 1.99. The number of amides is 1. The second-order valence-corrected chi connectivity index (χ2v) is 6.08. The van der Waals surface area contributed by atoms with Crippen LogP contribution in [-0.2, 0) is 11.2 Å². The number of ether oxygens (including phenoxy) is 2. The molecule has 1 saturated heterocycles. The summed E-state index contributed by atoms with van der Waals surface area (Å²) < 4.78 is 10.7. The average Bonchev–Trinajstić information content (AvgIpc) is 2.68. The van der Waals surface area contributed by atoms with Crippen molar-refractivity contribution in [2.45, 2.75) is 13.3 Å². The largest absolute Gasteiger partial charge is 0.496 e. The molecule has 1 aliphatic heterocycles. The van der Waals surface area contributed by atoms with Crippen molar-refractivity contribution in [3.05, 3.63) is 47.4 Å². The minimum atomic E-state index is -0.195. The Kier molecular flexibility index (Phi) is 6.01. The Bertz CT molecular complexity index is 760. The van der Waals surface area contributed by atoms with Gasteiger partial charge in [0.2, 0.25) is 0 Å². The molecule has 0 saturated carbocycles. The van der Waals surface area contributed by atoms with Gasteiger partial charge in [0.05, 0.1) is 20.3 Å². The molecule has 0 aliphatic carbocycles. The standard InChI is InChI=1S/C19H24N4O3/c1-14-21-16(13-18(22-14)23-9-11-26-12-10-23)19(24)20-8-7-15-5-3-4-6-17(15)25-2/h3-6,13H,7-12H2,1-2H3,(H,20,24). The number of rotatable bonds is 6. The molecule has 1 N–H and O–H groups in total. The van der Waals surface area contributed by atoms with Crippen LogP contribution in [-0.4, -0.2) is 55.8 Å². The molecular weight excluding hydrogens is 332 g/mol. The van der Waals surface area contributed by atoms with Gasteiger partial charge in [-0.2, -0.15) is 0 Å². The molecule has 26 heavy (non-hydrogen) atoms. The zero-order valence-electron chi connectivity index (χ0n) is 15.2. The van der Waals surface area contributed by atoms with Crippen LogP contribution in [0.25, 0.3) is 0 Å². The molecule has 0 radical (unpaired) electrons. The summed E-state index contributed by atoms with van der Waals surface area (Å²) in [5, 5.41) is 2.93. The van der Waals surface area contributed by atoms with Crippen LogP contribution in [0.5, 0.6) is 5.75 Å². The lowest BCUT2D eigenvalue weighted by atomic mass is 10.1. The first-order chi connectivity index (χ1) is 12.7. The molecule has 1 aromatic carbocycles. The number of aromatic nitrogens is 2.